The predicted octanol–water partition coefficient (Wildman–Crippen LogP) is 1.69. The highest BCUT2D eigenvalue weighted by Gasteiger charge is 2.40. The molecule has 0 spiro atoms. The average Bonchev–Trinajstić information content (AvgIpc) is 2.48. The van der Waals surface area contributed by atoms with Gasteiger partial charge in [0.05, 0.1) is 6.54 Å². The summed E-state index contributed by atoms with van der Waals surface area (Å²) in [5, 5.41) is 5.20. The Morgan fingerprint density at radius 2 is 2.14 bits per heavy atom. The zero-order valence-corrected chi connectivity index (χ0v) is 7.10. The van der Waals surface area contributed by atoms with E-state index in [4.69, 9.17) is 0 Å². The first kappa shape index (κ1) is 10.7. The summed E-state index contributed by atoms with van der Waals surface area (Å²) in [5.74, 6) is -3.88. The normalized spacial score (nSPS) is 12.1. The van der Waals surface area contributed by atoms with E-state index >= 15 is 0 Å². The Balaban J connectivity index is 2.48. The minimum atomic E-state index is -4.11. The van der Waals surface area contributed by atoms with Crippen molar-refractivity contribution in [2.45, 2.75) is 19.3 Å². The van der Waals surface area contributed by atoms with Gasteiger partial charge in [0.25, 0.3) is 0 Å². The molecule has 0 bridgehead atoms. The number of aryl methyl sites for hydroxylation is 1. The van der Waals surface area contributed by atoms with Crippen LogP contribution in [-0.2, 0) is 0 Å². The van der Waals surface area contributed by atoms with Crippen molar-refractivity contribution in [3.63, 3.8) is 0 Å². The minimum Gasteiger partial charge on any atom is -0.331 e. The van der Waals surface area contributed by atoms with Crippen LogP contribution < -0.4 is 5.32 Å². The van der Waals surface area contributed by atoms with E-state index in [1.165, 1.54) is 6.92 Å². The summed E-state index contributed by atoms with van der Waals surface area (Å²) < 4.78 is 52.4. The molecule has 0 atom stereocenters. The molecule has 80 valence electrons. The standard InChI is InChI=1S/C6H7F4N3O/c1-3-12-5(14-13-3)11-2-6(9,10)4(7)8/h4H,2H2,1H3,(H,11,12,13). The van der Waals surface area contributed by atoms with Crippen LogP contribution in [0.3, 0.4) is 0 Å². The van der Waals surface area contributed by atoms with E-state index in [2.05, 4.69) is 14.7 Å². The highest BCUT2D eigenvalue weighted by atomic mass is 19.3. The third kappa shape index (κ3) is 2.57. The second kappa shape index (κ2) is 3.81. The third-order valence-electron chi connectivity index (χ3n) is 1.32. The zero-order valence-electron chi connectivity index (χ0n) is 7.10. The molecule has 1 N–H and O–H groups in total. The molecule has 0 aliphatic rings. The first-order valence-electron chi connectivity index (χ1n) is 3.62. The molecule has 1 aromatic rings. The Morgan fingerprint density at radius 1 is 1.50 bits per heavy atom. The van der Waals surface area contributed by atoms with Gasteiger partial charge in [0.15, 0.2) is 5.82 Å². The van der Waals surface area contributed by atoms with E-state index in [1.54, 1.807) is 0 Å². The zero-order chi connectivity index (χ0) is 10.8. The van der Waals surface area contributed by atoms with Gasteiger partial charge in [-0.3, -0.25) is 0 Å². The maximum atomic E-state index is 12.3. The van der Waals surface area contributed by atoms with Crippen molar-refractivity contribution in [3.8, 4) is 0 Å². The largest absolute Gasteiger partial charge is 0.331 e. The molecular formula is C6H7F4N3O. The number of nitrogens with one attached hydrogen (secondary N) is 1. The van der Waals surface area contributed by atoms with Crippen LogP contribution in [0.5, 0.6) is 0 Å². The lowest BCUT2D eigenvalue weighted by Gasteiger charge is -2.14. The number of alkyl halides is 4. The maximum absolute atomic E-state index is 12.3. The molecule has 1 heterocycles. The van der Waals surface area contributed by atoms with Crippen LogP contribution in [0.1, 0.15) is 5.82 Å². The van der Waals surface area contributed by atoms with Gasteiger partial charge in [-0.1, -0.05) is 5.16 Å². The van der Waals surface area contributed by atoms with Crippen LogP contribution in [0, 0.1) is 6.92 Å². The molecule has 0 saturated carbocycles. The van der Waals surface area contributed by atoms with Crippen LogP contribution in [0.4, 0.5) is 23.6 Å². The molecular weight excluding hydrogens is 206 g/mol. The van der Waals surface area contributed by atoms with Gasteiger partial charge in [-0.05, 0) is 6.92 Å². The molecule has 4 nitrogen and oxygen atoms in total. The van der Waals surface area contributed by atoms with E-state index in [9.17, 15) is 17.6 Å². The fraction of sp³-hybridized carbons (Fsp3) is 0.667. The summed E-state index contributed by atoms with van der Waals surface area (Å²) in [6, 6.07) is -0.303. The summed E-state index contributed by atoms with van der Waals surface area (Å²) >= 11 is 0. The van der Waals surface area contributed by atoms with Gasteiger partial charge in [-0.25, -0.2) is 8.78 Å². The molecule has 0 aliphatic carbocycles. The molecule has 0 radical (unpaired) electrons. The second-order valence-corrected chi connectivity index (χ2v) is 2.56. The molecule has 0 aliphatic heterocycles. The fourth-order valence-corrected chi connectivity index (χ4v) is 0.639. The van der Waals surface area contributed by atoms with Crippen LogP contribution in [-0.4, -0.2) is 29.0 Å². The van der Waals surface area contributed by atoms with Gasteiger partial charge < -0.3 is 9.84 Å². The number of halogens is 4. The van der Waals surface area contributed by atoms with E-state index in [1.807, 2.05) is 5.32 Å². The summed E-state index contributed by atoms with van der Waals surface area (Å²) in [7, 11) is 0. The van der Waals surface area contributed by atoms with Crippen molar-refractivity contribution in [1.82, 2.24) is 10.1 Å². The molecule has 0 fully saturated rings. The lowest BCUT2D eigenvalue weighted by Crippen LogP contribution is -2.34. The molecule has 0 saturated heterocycles. The van der Waals surface area contributed by atoms with Gasteiger partial charge in [0, 0.05) is 0 Å². The Bertz CT molecular complexity index is 301. The Hall–Kier alpha value is -1.34. The SMILES string of the molecule is Cc1noc(NCC(F)(F)C(F)F)n1. The number of hydrogen-bond donors (Lipinski definition) is 1. The predicted molar refractivity (Wildman–Crippen MR) is 38.5 cm³/mol. The van der Waals surface area contributed by atoms with E-state index in [-0.39, 0.29) is 11.8 Å². The molecule has 0 aromatic carbocycles. The van der Waals surface area contributed by atoms with Crippen LogP contribution >= 0.6 is 0 Å². The second-order valence-electron chi connectivity index (χ2n) is 2.56. The van der Waals surface area contributed by atoms with Gasteiger partial charge in [-0.15, -0.1) is 0 Å². The Kier molecular flexibility index (Phi) is 2.92. The quantitative estimate of drug-likeness (QED) is 0.773. The van der Waals surface area contributed by atoms with Gasteiger partial charge in [0.2, 0.25) is 0 Å². The summed E-state index contributed by atoms with van der Waals surface area (Å²) in [4.78, 5) is 3.51. The Labute approximate surface area is 76.3 Å². The van der Waals surface area contributed by atoms with Crippen molar-refractivity contribution in [3.05, 3.63) is 5.82 Å². The number of hydrogen-bond acceptors (Lipinski definition) is 4. The van der Waals surface area contributed by atoms with Crippen LogP contribution in [0.25, 0.3) is 0 Å². The number of nitrogens with zero attached hydrogens (tertiary/aromatic N) is 2. The summed E-state index contributed by atoms with van der Waals surface area (Å²) in [6.45, 7) is 0.228. The fourth-order valence-electron chi connectivity index (χ4n) is 0.639. The molecule has 8 heteroatoms. The highest BCUT2D eigenvalue weighted by Crippen LogP contribution is 2.22. The molecule has 0 amide bonds. The molecule has 14 heavy (non-hydrogen) atoms. The highest BCUT2D eigenvalue weighted by molar-refractivity contribution is 5.18. The number of rotatable bonds is 4. The molecule has 1 rings (SSSR count). The topological polar surface area (TPSA) is 51.0 Å². The number of anilines is 1. The van der Waals surface area contributed by atoms with Crippen LogP contribution in [0.2, 0.25) is 0 Å². The monoisotopic (exact) mass is 213 g/mol. The molecule has 0 unspecified atom stereocenters. The van der Waals surface area contributed by atoms with Gasteiger partial charge in [0.1, 0.15) is 0 Å². The van der Waals surface area contributed by atoms with Crippen LogP contribution in [0.15, 0.2) is 4.52 Å². The van der Waals surface area contributed by atoms with Crippen molar-refractivity contribution in [2.75, 3.05) is 11.9 Å². The first-order chi connectivity index (χ1) is 6.42. The van der Waals surface area contributed by atoms with Crippen molar-refractivity contribution < 1.29 is 22.1 Å². The van der Waals surface area contributed by atoms with E-state index in [0.29, 0.717) is 0 Å². The van der Waals surface area contributed by atoms with Crippen molar-refractivity contribution in [2.24, 2.45) is 0 Å². The summed E-state index contributed by atoms with van der Waals surface area (Å²) in [5.41, 5.74) is 0. The maximum Gasteiger partial charge on any atom is 0.324 e. The van der Waals surface area contributed by atoms with Gasteiger partial charge >= 0.3 is 18.4 Å². The lowest BCUT2D eigenvalue weighted by atomic mass is 10.3. The average molecular weight is 213 g/mol. The lowest BCUT2D eigenvalue weighted by molar-refractivity contribution is -0.117. The minimum absolute atomic E-state index is 0.230. The van der Waals surface area contributed by atoms with Crippen molar-refractivity contribution >= 4 is 6.01 Å². The Morgan fingerprint density at radius 3 is 2.57 bits per heavy atom. The first-order valence-corrected chi connectivity index (χ1v) is 3.62. The van der Waals surface area contributed by atoms with E-state index < -0.39 is 18.9 Å². The van der Waals surface area contributed by atoms with Crippen molar-refractivity contribution in [1.29, 1.82) is 0 Å². The number of aromatic nitrogens is 2. The van der Waals surface area contributed by atoms with Gasteiger partial charge in [-0.2, -0.15) is 13.8 Å². The third-order valence-corrected chi connectivity index (χ3v) is 1.32. The molecule has 1 aromatic heterocycles. The smallest absolute Gasteiger partial charge is 0.324 e. The van der Waals surface area contributed by atoms with E-state index in [0.717, 1.165) is 0 Å². The summed E-state index contributed by atoms with van der Waals surface area (Å²) in [6.07, 6.45) is -3.72.